The van der Waals surface area contributed by atoms with Gasteiger partial charge in [-0.15, -0.1) is 0 Å². The number of ether oxygens (including phenoxy) is 2. The molecule has 0 radical (unpaired) electrons. The van der Waals surface area contributed by atoms with Crippen LogP contribution in [0.3, 0.4) is 0 Å². The summed E-state index contributed by atoms with van der Waals surface area (Å²) in [6, 6.07) is 0. The molecule has 0 aliphatic carbocycles. The molecule has 20 heavy (non-hydrogen) atoms. The van der Waals surface area contributed by atoms with Crippen molar-refractivity contribution in [2.45, 2.75) is 52.2 Å². The summed E-state index contributed by atoms with van der Waals surface area (Å²) in [7, 11) is 0. The van der Waals surface area contributed by atoms with Gasteiger partial charge < -0.3 is 14.4 Å². The van der Waals surface area contributed by atoms with Crippen LogP contribution in [0.25, 0.3) is 0 Å². The lowest BCUT2D eigenvalue weighted by Crippen LogP contribution is -2.61. The van der Waals surface area contributed by atoms with Gasteiger partial charge in [-0.05, 0) is 41.0 Å². The van der Waals surface area contributed by atoms with Gasteiger partial charge in [-0.3, -0.25) is 10.4 Å². The molecule has 0 amide bonds. The van der Waals surface area contributed by atoms with Crippen molar-refractivity contribution in [3.8, 4) is 0 Å². The van der Waals surface area contributed by atoms with Gasteiger partial charge in [0, 0.05) is 32.8 Å². The topological polar surface area (TPSA) is 72.1 Å². The van der Waals surface area contributed by atoms with Gasteiger partial charge in [0.15, 0.2) is 0 Å². The van der Waals surface area contributed by atoms with Crippen molar-refractivity contribution in [1.82, 2.24) is 10.3 Å². The molecule has 1 heterocycles. The summed E-state index contributed by atoms with van der Waals surface area (Å²) < 4.78 is 11.4. The third kappa shape index (κ3) is 5.64. The molecular formula is C14H30N4O2. The molecule has 1 fully saturated rings. The summed E-state index contributed by atoms with van der Waals surface area (Å²) in [5.41, 5.74) is 2.28. The van der Waals surface area contributed by atoms with E-state index in [9.17, 15) is 0 Å². The maximum absolute atomic E-state index is 6.06. The number of rotatable bonds is 5. The number of nitrogens with two attached hydrogens (primary N) is 1. The Morgan fingerprint density at radius 3 is 2.40 bits per heavy atom. The normalized spacial score (nSPS) is 21.9. The Labute approximate surface area is 122 Å². The first-order valence-electron chi connectivity index (χ1n) is 7.33. The van der Waals surface area contributed by atoms with Crippen molar-refractivity contribution in [2.75, 3.05) is 32.8 Å². The van der Waals surface area contributed by atoms with Crippen molar-refractivity contribution in [1.29, 1.82) is 0 Å². The Kier molecular flexibility index (Phi) is 6.23. The van der Waals surface area contributed by atoms with Crippen molar-refractivity contribution in [3.05, 3.63) is 0 Å². The van der Waals surface area contributed by atoms with E-state index in [0.717, 1.165) is 38.7 Å². The summed E-state index contributed by atoms with van der Waals surface area (Å²) in [6.07, 6.45) is 0.899. The van der Waals surface area contributed by atoms with Crippen LogP contribution in [-0.2, 0) is 9.47 Å². The molecule has 1 aliphatic rings. The summed E-state index contributed by atoms with van der Waals surface area (Å²) in [5, 5.41) is 0. The molecule has 0 aromatic heterocycles. The molecular weight excluding hydrogens is 256 g/mol. The number of nitrogens with one attached hydrogen (secondary N) is 1. The summed E-state index contributed by atoms with van der Waals surface area (Å²) >= 11 is 0. The third-order valence-corrected chi connectivity index (χ3v) is 3.04. The molecule has 6 nitrogen and oxygen atoms in total. The lowest BCUT2D eigenvalue weighted by atomic mass is 9.99. The van der Waals surface area contributed by atoms with E-state index in [1.54, 1.807) is 0 Å². The monoisotopic (exact) mass is 286 g/mol. The number of hydrazine groups is 1. The predicted molar refractivity (Wildman–Crippen MR) is 81.6 cm³/mol. The van der Waals surface area contributed by atoms with Crippen LogP contribution in [0.1, 0.15) is 41.0 Å². The van der Waals surface area contributed by atoms with E-state index in [-0.39, 0.29) is 11.2 Å². The molecule has 118 valence electrons. The number of aliphatic imine (C=N–C) groups is 1. The molecule has 0 saturated carbocycles. The fourth-order valence-electron chi connectivity index (χ4n) is 2.67. The number of guanidine groups is 1. The first-order chi connectivity index (χ1) is 9.29. The zero-order chi connectivity index (χ0) is 15.2. The second-order valence-electron chi connectivity index (χ2n) is 6.38. The van der Waals surface area contributed by atoms with E-state index in [1.807, 2.05) is 6.92 Å². The summed E-state index contributed by atoms with van der Waals surface area (Å²) in [5.74, 6) is 6.35. The zero-order valence-electron chi connectivity index (χ0n) is 13.5. The smallest absolute Gasteiger partial charge is 0.208 e. The molecule has 1 saturated heterocycles. The number of hydrogen-bond donors (Lipinski definition) is 2. The Hall–Kier alpha value is -0.850. The molecule has 0 unspecified atom stereocenters. The molecule has 0 bridgehead atoms. The van der Waals surface area contributed by atoms with Gasteiger partial charge in [0.25, 0.3) is 0 Å². The van der Waals surface area contributed by atoms with Gasteiger partial charge in [-0.2, -0.15) is 0 Å². The SMILES string of the molecule is CCOCCCN=C(NN)N1CC(C)(C)OC(C)(C)C1. The van der Waals surface area contributed by atoms with Crippen LogP contribution in [-0.4, -0.2) is 54.9 Å². The van der Waals surface area contributed by atoms with Gasteiger partial charge in [-0.1, -0.05) is 0 Å². The largest absolute Gasteiger partial charge is 0.382 e. The fourth-order valence-corrected chi connectivity index (χ4v) is 2.67. The Morgan fingerprint density at radius 2 is 1.90 bits per heavy atom. The summed E-state index contributed by atoms with van der Waals surface area (Å²) in [4.78, 5) is 6.70. The minimum atomic E-state index is -0.218. The molecule has 1 aliphatic heterocycles. The predicted octanol–water partition coefficient (Wildman–Crippen LogP) is 1.12. The highest BCUT2D eigenvalue weighted by atomic mass is 16.5. The highest BCUT2D eigenvalue weighted by Crippen LogP contribution is 2.27. The first-order valence-corrected chi connectivity index (χ1v) is 7.33. The zero-order valence-corrected chi connectivity index (χ0v) is 13.5. The van der Waals surface area contributed by atoms with Crippen LogP contribution in [0.15, 0.2) is 4.99 Å². The summed E-state index contributed by atoms with van der Waals surface area (Å²) in [6.45, 7) is 14.1. The van der Waals surface area contributed by atoms with Crippen LogP contribution >= 0.6 is 0 Å². The third-order valence-electron chi connectivity index (χ3n) is 3.04. The highest BCUT2D eigenvalue weighted by Gasteiger charge is 2.39. The van der Waals surface area contributed by atoms with Gasteiger partial charge in [0.1, 0.15) is 0 Å². The maximum atomic E-state index is 6.06. The van der Waals surface area contributed by atoms with Gasteiger partial charge in [0.2, 0.25) is 5.96 Å². The van der Waals surface area contributed by atoms with Crippen molar-refractivity contribution in [3.63, 3.8) is 0 Å². The van der Waals surface area contributed by atoms with Crippen molar-refractivity contribution in [2.24, 2.45) is 10.8 Å². The fraction of sp³-hybridized carbons (Fsp3) is 0.929. The first kappa shape index (κ1) is 17.2. The van der Waals surface area contributed by atoms with E-state index in [1.165, 1.54) is 0 Å². The molecule has 6 heteroatoms. The lowest BCUT2D eigenvalue weighted by Gasteiger charge is -2.47. The number of morpholine rings is 1. The molecule has 0 atom stereocenters. The van der Waals surface area contributed by atoms with Gasteiger partial charge in [0.05, 0.1) is 11.2 Å². The minimum Gasteiger partial charge on any atom is -0.382 e. The minimum absolute atomic E-state index is 0.218. The second-order valence-corrected chi connectivity index (χ2v) is 6.38. The average Bonchev–Trinajstić information content (AvgIpc) is 2.29. The van der Waals surface area contributed by atoms with Crippen molar-refractivity contribution < 1.29 is 9.47 Å². The van der Waals surface area contributed by atoms with Crippen LogP contribution in [0.4, 0.5) is 0 Å². The van der Waals surface area contributed by atoms with E-state index < -0.39 is 0 Å². The Balaban J connectivity index is 2.61. The van der Waals surface area contributed by atoms with E-state index in [0.29, 0.717) is 6.54 Å². The van der Waals surface area contributed by atoms with Crippen LogP contribution < -0.4 is 11.3 Å². The molecule has 1 rings (SSSR count). The van der Waals surface area contributed by atoms with Gasteiger partial charge >= 0.3 is 0 Å². The standard InChI is InChI=1S/C14H30N4O2/c1-6-19-9-7-8-16-12(17-15)18-10-13(2,3)20-14(4,5)11-18/h6-11,15H2,1-5H3,(H,16,17). The van der Waals surface area contributed by atoms with Crippen molar-refractivity contribution >= 4 is 5.96 Å². The van der Waals surface area contributed by atoms with E-state index in [4.69, 9.17) is 15.3 Å². The van der Waals surface area contributed by atoms with Crippen LogP contribution in [0.5, 0.6) is 0 Å². The van der Waals surface area contributed by atoms with Crippen LogP contribution in [0, 0.1) is 0 Å². The Bertz CT molecular complexity index is 313. The highest BCUT2D eigenvalue weighted by molar-refractivity contribution is 5.79. The molecule has 0 aromatic carbocycles. The Morgan fingerprint density at radius 1 is 1.30 bits per heavy atom. The number of hydrogen-bond acceptors (Lipinski definition) is 4. The molecule has 3 N–H and O–H groups in total. The van der Waals surface area contributed by atoms with Crippen LogP contribution in [0.2, 0.25) is 0 Å². The van der Waals surface area contributed by atoms with Gasteiger partial charge in [-0.25, -0.2) is 5.84 Å². The average molecular weight is 286 g/mol. The molecule has 0 aromatic rings. The maximum Gasteiger partial charge on any atom is 0.208 e. The van der Waals surface area contributed by atoms with E-state index >= 15 is 0 Å². The second kappa shape index (κ2) is 7.24. The lowest BCUT2D eigenvalue weighted by molar-refractivity contribution is -0.167. The van der Waals surface area contributed by atoms with E-state index in [2.05, 4.69) is 43.0 Å². The molecule has 0 spiro atoms. The quantitative estimate of drug-likeness (QED) is 0.260. The number of nitrogens with zero attached hydrogens (tertiary/aromatic N) is 2.